The number of aromatic nitrogens is 1. The predicted octanol–water partition coefficient (Wildman–Crippen LogP) is 3.75. The maximum Gasteiger partial charge on any atom is 0.216 e. The summed E-state index contributed by atoms with van der Waals surface area (Å²) in [5, 5.41) is 13.2. The Hall–Kier alpha value is -0.960. The molecule has 2 aromatic rings. The molecule has 0 aliphatic carbocycles. The number of benzene rings is 1. The summed E-state index contributed by atoms with van der Waals surface area (Å²) in [7, 11) is 1.43. The van der Waals surface area contributed by atoms with Crippen molar-refractivity contribution in [3.63, 3.8) is 0 Å². The molecule has 0 atom stereocenters. The quantitative estimate of drug-likeness (QED) is 0.739. The van der Waals surface area contributed by atoms with Gasteiger partial charge in [-0.25, -0.2) is 4.39 Å². The maximum absolute atomic E-state index is 13.6. The van der Waals surface area contributed by atoms with Crippen molar-refractivity contribution in [2.75, 3.05) is 6.54 Å². The minimum Gasteiger partial charge on any atom is -0.505 e. The normalized spacial score (nSPS) is 11.9. The van der Waals surface area contributed by atoms with E-state index in [1.165, 1.54) is 28.2 Å². The third-order valence-corrected chi connectivity index (χ3v) is 5.15. The Morgan fingerprint density at radius 3 is 2.76 bits per heavy atom. The second-order valence-corrected chi connectivity index (χ2v) is 7.27. The number of carbonyl (C=O) groups excluding carboxylic acids is 1. The number of phenols is 1. The van der Waals surface area contributed by atoms with Crippen LogP contribution >= 0.6 is 30.3 Å². The first-order valence-corrected chi connectivity index (χ1v) is 9.65. The summed E-state index contributed by atoms with van der Waals surface area (Å²) in [6.45, 7) is 5.94. The van der Waals surface area contributed by atoms with Gasteiger partial charge in [-0.3, -0.25) is 8.77 Å². The van der Waals surface area contributed by atoms with Crippen molar-refractivity contribution >= 4 is 47.1 Å². The van der Waals surface area contributed by atoms with Crippen LogP contribution in [0.1, 0.15) is 26.3 Å². The van der Waals surface area contributed by atoms with Crippen LogP contribution in [0.15, 0.2) is 18.3 Å². The molecule has 1 aromatic carbocycles. The Labute approximate surface area is 138 Å². The van der Waals surface area contributed by atoms with Gasteiger partial charge in [-0.1, -0.05) is 13.8 Å². The molecule has 0 radical (unpaired) electrons. The van der Waals surface area contributed by atoms with E-state index in [-0.39, 0.29) is 17.1 Å². The standard InChI is InChI=1S/C14H16FIN2O2S/c1-8(19)17-7-14(2,3)10-6-18(21-16)12-5-11(15)13(20)4-9(10)12/h4-6,20H,7H2,1-3H3,(H,17,19). The molecule has 2 N–H and O–H groups in total. The van der Waals surface area contributed by atoms with E-state index < -0.39 is 5.82 Å². The van der Waals surface area contributed by atoms with Gasteiger partial charge in [0.25, 0.3) is 0 Å². The van der Waals surface area contributed by atoms with Gasteiger partial charge >= 0.3 is 0 Å². The van der Waals surface area contributed by atoms with E-state index in [1.54, 1.807) is 0 Å². The Bertz CT molecular complexity index is 700. The second kappa shape index (κ2) is 6.04. The molecule has 1 heterocycles. The molecule has 0 bridgehead atoms. The monoisotopic (exact) mass is 422 g/mol. The summed E-state index contributed by atoms with van der Waals surface area (Å²) in [6.07, 6.45) is 1.92. The van der Waals surface area contributed by atoms with Crippen LogP contribution in [0, 0.1) is 5.82 Å². The summed E-state index contributed by atoms with van der Waals surface area (Å²) in [5.74, 6) is -1.10. The van der Waals surface area contributed by atoms with Gasteiger partial charge in [0.05, 0.1) is 5.52 Å². The predicted molar refractivity (Wildman–Crippen MR) is 92.3 cm³/mol. The van der Waals surface area contributed by atoms with Crippen LogP contribution in [0.25, 0.3) is 10.9 Å². The lowest BCUT2D eigenvalue weighted by Gasteiger charge is -2.24. The molecule has 0 aliphatic rings. The van der Waals surface area contributed by atoms with Gasteiger partial charge in [-0.2, -0.15) is 0 Å². The number of nitrogens with zero attached hydrogens (tertiary/aromatic N) is 1. The van der Waals surface area contributed by atoms with Crippen molar-refractivity contribution in [2.45, 2.75) is 26.2 Å². The number of fused-ring (bicyclic) bond motifs is 1. The van der Waals surface area contributed by atoms with Gasteiger partial charge in [0, 0.05) is 66.9 Å². The van der Waals surface area contributed by atoms with E-state index in [1.807, 2.05) is 24.0 Å². The molecule has 2 rings (SSSR count). The van der Waals surface area contributed by atoms with Crippen molar-refractivity contribution in [3.05, 3.63) is 29.7 Å². The third-order valence-electron chi connectivity index (χ3n) is 3.42. The molecule has 0 unspecified atom stereocenters. The molecule has 0 saturated carbocycles. The molecular formula is C14H16FIN2O2S. The minimum absolute atomic E-state index is 0.0935. The molecule has 0 fully saturated rings. The lowest BCUT2D eigenvalue weighted by atomic mass is 9.84. The summed E-state index contributed by atoms with van der Waals surface area (Å²) < 4.78 is 15.4. The number of hydrogen-bond donors (Lipinski definition) is 2. The van der Waals surface area contributed by atoms with Crippen LogP contribution in [-0.2, 0) is 10.2 Å². The first-order chi connectivity index (χ1) is 9.76. The van der Waals surface area contributed by atoms with Crippen LogP contribution < -0.4 is 5.32 Å². The highest BCUT2D eigenvalue weighted by Gasteiger charge is 2.26. The largest absolute Gasteiger partial charge is 0.505 e. The molecule has 0 aliphatic heterocycles. The molecule has 7 heteroatoms. The summed E-state index contributed by atoms with van der Waals surface area (Å²) in [6, 6.07) is 2.77. The summed E-state index contributed by atoms with van der Waals surface area (Å²) in [4.78, 5) is 11.1. The Kier molecular flexibility index (Phi) is 4.72. The number of amides is 1. The highest BCUT2D eigenvalue weighted by molar-refractivity contribution is 14.2. The van der Waals surface area contributed by atoms with Gasteiger partial charge in [-0.15, -0.1) is 0 Å². The maximum atomic E-state index is 13.6. The lowest BCUT2D eigenvalue weighted by molar-refractivity contribution is -0.119. The minimum atomic E-state index is -0.640. The van der Waals surface area contributed by atoms with Crippen molar-refractivity contribution in [1.29, 1.82) is 0 Å². The number of aromatic hydroxyl groups is 1. The molecule has 0 spiro atoms. The first kappa shape index (κ1) is 16.4. The van der Waals surface area contributed by atoms with Gasteiger partial charge in [0.1, 0.15) is 0 Å². The fraction of sp³-hybridized carbons (Fsp3) is 0.357. The number of carbonyl (C=O) groups is 1. The van der Waals surface area contributed by atoms with Crippen LogP contribution in [0.5, 0.6) is 5.75 Å². The topological polar surface area (TPSA) is 54.3 Å². The number of phenolic OH excluding ortho intramolecular Hbond substituents is 1. The zero-order chi connectivity index (χ0) is 15.8. The van der Waals surface area contributed by atoms with Gasteiger partial charge in [0.15, 0.2) is 11.6 Å². The SMILES string of the molecule is CC(=O)NCC(C)(C)c1cn(SI)c2cc(F)c(O)cc12. The van der Waals surface area contributed by atoms with Gasteiger partial charge in [-0.05, 0) is 11.6 Å². The van der Waals surface area contributed by atoms with Crippen molar-refractivity contribution in [2.24, 2.45) is 0 Å². The number of halogens is 2. The molecule has 114 valence electrons. The lowest BCUT2D eigenvalue weighted by Crippen LogP contribution is -2.35. The van der Waals surface area contributed by atoms with E-state index >= 15 is 0 Å². The van der Waals surface area contributed by atoms with Crippen molar-refractivity contribution in [1.82, 2.24) is 9.29 Å². The number of nitrogens with one attached hydrogen (secondary N) is 1. The molecule has 1 aromatic heterocycles. The molecule has 0 saturated heterocycles. The molecule has 4 nitrogen and oxygen atoms in total. The van der Waals surface area contributed by atoms with Crippen molar-refractivity contribution < 1.29 is 14.3 Å². The molecule has 1 amide bonds. The second-order valence-electron chi connectivity index (χ2n) is 5.55. The van der Waals surface area contributed by atoms with E-state index in [9.17, 15) is 14.3 Å². The summed E-state index contributed by atoms with van der Waals surface area (Å²) in [5.41, 5.74) is 1.31. The highest BCUT2D eigenvalue weighted by Crippen LogP contribution is 2.37. The smallest absolute Gasteiger partial charge is 0.216 e. The van der Waals surface area contributed by atoms with Crippen LogP contribution in [0.3, 0.4) is 0 Å². The van der Waals surface area contributed by atoms with Gasteiger partial charge in [0.2, 0.25) is 5.91 Å². The number of hydrogen-bond acceptors (Lipinski definition) is 3. The molecule has 21 heavy (non-hydrogen) atoms. The van der Waals surface area contributed by atoms with Crippen LogP contribution in [0.4, 0.5) is 4.39 Å². The summed E-state index contributed by atoms with van der Waals surface area (Å²) >= 11 is 2.12. The van der Waals surface area contributed by atoms with E-state index in [2.05, 4.69) is 26.5 Å². The van der Waals surface area contributed by atoms with Crippen LogP contribution in [0.2, 0.25) is 0 Å². The third kappa shape index (κ3) is 3.28. The van der Waals surface area contributed by atoms with E-state index in [0.717, 1.165) is 10.9 Å². The van der Waals surface area contributed by atoms with Crippen molar-refractivity contribution in [3.8, 4) is 5.75 Å². The highest BCUT2D eigenvalue weighted by atomic mass is 127. The zero-order valence-electron chi connectivity index (χ0n) is 11.9. The Balaban J connectivity index is 2.58. The fourth-order valence-electron chi connectivity index (χ4n) is 2.24. The fourth-order valence-corrected chi connectivity index (χ4v) is 3.59. The zero-order valence-corrected chi connectivity index (χ0v) is 14.9. The van der Waals surface area contributed by atoms with E-state index in [4.69, 9.17) is 0 Å². The Morgan fingerprint density at radius 2 is 2.19 bits per heavy atom. The first-order valence-electron chi connectivity index (χ1n) is 6.34. The van der Waals surface area contributed by atoms with Crippen LogP contribution in [-0.4, -0.2) is 21.5 Å². The average molecular weight is 422 g/mol. The average Bonchev–Trinajstić information content (AvgIpc) is 2.76. The van der Waals surface area contributed by atoms with Gasteiger partial charge < -0.3 is 10.4 Å². The number of rotatable bonds is 4. The Morgan fingerprint density at radius 1 is 1.52 bits per heavy atom. The molecular weight excluding hydrogens is 406 g/mol. The van der Waals surface area contributed by atoms with E-state index in [0.29, 0.717) is 12.1 Å².